The molecule has 0 radical (unpaired) electrons. The number of allylic oxidation sites excluding steroid dienone is 3. The van der Waals surface area contributed by atoms with Gasteiger partial charge >= 0.3 is 0 Å². The van der Waals surface area contributed by atoms with Gasteiger partial charge in [-0.3, -0.25) is 0 Å². The number of rotatable bonds is 6. The molecule has 0 aliphatic rings. The quantitative estimate of drug-likeness (QED) is 0.587. The van der Waals surface area contributed by atoms with Crippen LogP contribution in [-0.2, 0) is 0 Å². The van der Waals surface area contributed by atoms with Crippen LogP contribution < -0.4 is 4.74 Å². The Balaban J connectivity index is 2.26. The van der Waals surface area contributed by atoms with Crippen LogP contribution in [0.15, 0.2) is 42.5 Å². The van der Waals surface area contributed by atoms with Crippen LogP contribution in [-0.4, -0.2) is 6.61 Å². The van der Waals surface area contributed by atoms with Crippen molar-refractivity contribution in [2.24, 2.45) is 0 Å². The molecule has 1 nitrogen and oxygen atoms in total. The smallest absolute Gasteiger partial charge is 0.201 e. The normalized spacial score (nSPS) is 11.6. The lowest BCUT2D eigenvalue weighted by Gasteiger charge is -2.07. The molecule has 0 unspecified atom stereocenters. The minimum absolute atomic E-state index is 0.0508. The molecule has 0 atom stereocenters. The highest BCUT2D eigenvalue weighted by Gasteiger charge is 2.16. The summed E-state index contributed by atoms with van der Waals surface area (Å²) in [6, 6.07) is 6.71. The van der Waals surface area contributed by atoms with Crippen molar-refractivity contribution in [3.05, 3.63) is 59.0 Å². The van der Waals surface area contributed by atoms with E-state index in [0.717, 1.165) is 11.3 Å². The van der Waals surface area contributed by atoms with Crippen molar-refractivity contribution in [2.45, 2.75) is 20.3 Å². The summed E-state index contributed by atoms with van der Waals surface area (Å²) >= 11 is 1.42. The number of hydrogen-bond donors (Lipinski definition) is 0. The Morgan fingerprint density at radius 2 is 1.86 bits per heavy atom. The maximum absolute atomic E-state index is 14.2. The first-order valence-electron chi connectivity index (χ1n) is 7.21. The summed E-state index contributed by atoms with van der Waals surface area (Å²) in [5, 5.41) is 0. The van der Waals surface area contributed by atoms with Crippen molar-refractivity contribution in [3.63, 3.8) is 0 Å². The fraction of sp³-hybridized carbons (Fsp3) is 0.222. The van der Waals surface area contributed by atoms with Gasteiger partial charge in [-0.25, -0.2) is 4.39 Å². The van der Waals surface area contributed by atoms with Gasteiger partial charge in [0, 0.05) is 15.3 Å². The van der Waals surface area contributed by atoms with E-state index >= 15 is 0 Å². The summed E-state index contributed by atoms with van der Waals surface area (Å²) in [4.78, 5) is 1.68. The first-order chi connectivity index (χ1) is 10.7. The second kappa shape index (κ2) is 7.90. The van der Waals surface area contributed by atoms with E-state index in [1.165, 1.54) is 17.4 Å². The number of ether oxygens (including phenoxy) is 1. The summed E-state index contributed by atoms with van der Waals surface area (Å²) in [5.41, 5.74) is 0.259. The lowest BCUT2D eigenvalue weighted by Crippen LogP contribution is -1.98. The van der Waals surface area contributed by atoms with Crippen LogP contribution in [0.4, 0.5) is 8.78 Å². The van der Waals surface area contributed by atoms with Gasteiger partial charge < -0.3 is 4.74 Å². The molecule has 0 fully saturated rings. The number of halogens is 2. The Morgan fingerprint density at radius 3 is 2.59 bits per heavy atom. The number of benzene rings is 1. The minimum atomic E-state index is -0.935. The maximum atomic E-state index is 14.2. The van der Waals surface area contributed by atoms with Crippen molar-refractivity contribution in [3.8, 4) is 16.2 Å². The molecular weight excluding hydrogens is 302 g/mol. The zero-order chi connectivity index (χ0) is 15.9. The molecular formula is C18H18F2OS. The highest BCUT2D eigenvalue weighted by Crippen LogP contribution is 2.34. The van der Waals surface area contributed by atoms with Crippen molar-refractivity contribution in [1.29, 1.82) is 0 Å². The third-order valence-electron chi connectivity index (χ3n) is 2.98. The second-order valence-electron chi connectivity index (χ2n) is 4.57. The van der Waals surface area contributed by atoms with Crippen molar-refractivity contribution >= 4 is 17.4 Å². The summed E-state index contributed by atoms with van der Waals surface area (Å²) in [5.74, 6) is -1.85. The average molecular weight is 320 g/mol. The lowest BCUT2D eigenvalue weighted by molar-refractivity contribution is 0.314. The first-order valence-corrected chi connectivity index (χ1v) is 8.03. The monoisotopic (exact) mass is 320 g/mol. The van der Waals surface area contributed by atoms with Gasteiger partial charge in [-0.05, 0) is 43.7 Å². The van der Waals surface area contributed by atoms with Crippen LogP contribution in [0.2, 0.25) is 0 Å². The molecule has 0 amide bonds. The Kier molecular flexibility index (Phi) is 5.90. The Hall–Kier alpha value is -1.94. The van der Waals surface area contributed by atoms with Crippen LogP contribution in [0.5, 0.6) is 5.75 Å². The van der Waals surface area contributed by atoms with E-state index in [1.54, 1.807) is 19.1 Å². The molecule has 116 valence electrons. The third kappa shape index (κ3) is 3.83. The SMILES string of the molecule is CC/C=C/C=C/c1ccc(-c2ccc(OCC)c(F)c2F)s1. The highest BCUT2D eigenvalue weighted by atomic mass is 32.1. The summed E-state index contributed by atoms with van der Waals surface area (Å²) < 4.78 is 33.1. The topological polar surface area (TPSA) is 9.23 Å². The van der Waals surface area contributed by atoms with Crippen molar-refractivity contribution in [1.82, 2.24) is 0 Å². The average Bonchev–Trinajstić information content (AvgIpc) is 2.97. The molecule has 2 rings (SSSR count). The van der Waals surface area contributed by atoms with Gasteiger partial charge in [0.2, 0.25) is 5.82 Å². The van der Waals surface area contributed by atoms with E-state index < -0.39 is 11.6 Å². The molecule has 0 spiro atoms. The number of hydrogen-bond acceptors (Lipinski definition) is 2. The lowest BCUT2D eigenvalue weighted by atomic mass is 10.1. The number of thiophene rings is 1. The van der Waals surface area contributed by atoms with E-state index in [9.17, 15) is 8.78 Å². The van der Waals surface area contributed by atoms with Crippen molar-refractivity contribution in [2.75, 3.05) is 6.61 Å². The second-order valence-corrected chi connectivity index (χ2v) is 5.69. The van der Waals surface area contributed by atoms with E-state index in [-0.39, 0.29) is 11.3 Å². The summed E-state index contributed by atoms with van der Waals surface area (Å²) in [6.07, 6.45) is 8.89. The fourth-order valence-corrected chi connectivity index (χ4v) is 2.88. The Labute approximate surface area is 133 Å². The predicted molar refractivity (Wildman–Crippen MR) is 89.3 cm³/mol. The Bertz CT molecular complexity index is 686. The third-order valence-corrected chi connectivity index (χ3v) is 4.07. The molecule has 1 aromatic carbocycles. The van der Waals surface area contributed by atoms with Crippen LogP contribution in [0, 0.1) is 11.6 Å². The molecule has 0 aliphatic heterocycles. The standard InChI is InChI=1S/C18H18F2OS/c1-3-5-6-7-8-13-9-12-16(22-13)14-10-11-15(21-4-2)18(20)17(14)19/h5-12H,3-4H2,1-2H3/b6-5+,8-7+. The minimum Gasteiger partial charge on any atom is -0.491 e. The molecule has 2 aromatic rings. The fourth-order valence-electron chi connectivity index (χ4n) is 1.94. The first kappa shape index (κ1) is 16.4. The van der Waals surface area contributed by atoms with Crippen LogP contribution in [0.25, 0.3) is 16.5 Å². The van der Waals surface area contributed by atoms with Gasteiger partial charge in [0.25, 0.3) is 0 Å². The van der Waals surface area contributed by atoms with Gasteiger partial charge in [0.1, 0.15) is 0 Å². The molecule has 0 bridgehead atoms. The molecule has 1 heterocycles. The highest BCUT2D eigenvalue weighted by molar-refractivity contribution is 7.16. The van der Waals surface area contributed by atoms with E-state index in [4.69, 9.17) is 4.74 Å². The summed E-state index contributed by atoms with van der Waals surface area (Å²) in [7, 11) is 0. The molecule has 0 N–H and O–H groups in total. The van der Waals surface area contributed by atoms with E-state index in [2.05, 4.69) is 6.92 Å². The van der Waals surface area contributed by atoms with Crippen LogP contribution >= 0.6 is 11.3 Å². The molecule has 0 aliphatic carbocycles. The van der Waals surface area contributed by atoms with Gasteiger partial charge in [0.05, 0.1) is 6.61 Å². The van der Waals surface area contributed by atoms with Crippen LogP contribution in [0.3, 0.4) is 0 Å². The molecule has 4 heteroatoms. The molecule has 22 heavy (non-hydrogen) atoms. The zero-order valence-corrected chi connectivity index (χ0v) is 13.4. The van der Waals surface area contributed by atoms with Gasteiger partial charge in [-0.1, -0.05) is 25.2 Å². The summed E-state index contributed by atoms with van der Waals surface area (Å²) in [6.45, 7) is 4.10. The zero-order valence-electron chi connectivity index (χ0n) is 12.6. The molecule has 1 aromatic heterocycles. The van der Waals surface area contributed by atoms with Gasteiger partial charge in [-0.15, -0.1) is 11.3 Å². The van der Waals surface area contributed by atoms with E-state index in [1.807, 2.05) is 30.4 Å². The largest absolute Gasteiger partial charge is 0.491 e. The van der Waals surface area contributed by atoms with Gasteiger partial charge in [-0.2, -0.15) is 4.39 Å². The van der Waals surface area contributed by atoms with Crippen molar-refractivity contribution < 1.29 is 13.5 Å². The molecule has 0 saturated carbocycles. The Morgan fingerprint density at radius 1 is 1.05 bits per heavy atom. The predicted octanol–water partition coefficient (Wildman–Crippen LogP) is 6.07. The van der Waals surface area contributed by atoms with Gasteiger partial charge in [0.15, 0.2) is 11.6 Å². The maximum Gasteiger partial charge on any atom is 0.201 e. The van der Waals surface area contributed by atoms with Crippen LogP contribution in [0.1, 0.15) is 25.1 Å². The van der Waals surface area contributed by atoms with E-state index in [0.29, 0.717) is 11.5 Å². The molecule has 0 saturated heterocycles.